The monoisotopic (exact) mass is 304 g/mol. The van der Waals surface area contributed by atoms with Crippen molar-refractivity contribution >= 4 is 16.0 Å². The highest BCUT2D eigenvalue weighted by atomic mass is 32.2. The van der Waals surface area contributed by atoms with Crippen molar-refractivity contribution in [3.05, 3.63) is 18.0 Å². The summed E-state index contributed by atoms with van der Waals surface area (Å²) in [5.41, 5.74) is -0.0305. The smallest absolute Gasteiger partial charge is 0.352 e. The Balaban J connectivity index is 2.89. The van der Waals surface area contributed by atoms with Crippen LogP contribution in [0.4, 0.5) is 0 Å². The molecule has 2 N–H and O–H groups in total. The first-order valence-corrected chi connectivity index (χ1v) is 7.91. The maximum Gasteiger partial charge on any atom is 0.352 e. The van der Waals surface area contributed by atoms with Crippen LogP contribution in [0.3, 0.4) is 0 Å². The maximum absolute atomic E-state index is 12.0. The second-order valence-corrected chi connectivity index (χ2v) is 5.92. The first-order valence-electron chi connectivity index (χ1n) is 6.43. The van der Waals surface area contributed by atoms with Crippen LogP contribution < -0.4 is 4.72 Å². The number of nitrogens with one attached hydrogen (secondary N) is 1. The van der Waals surface area contributed by atoms with Gasteiger partial charge in [0.25, 0.3) is 0 Å². The van der Waals surface area contributed by atoms with E-state index in [9.17, 15) is 13.2 Å². The molecular formula is C12H20N2O5S. The van der Waals surface area contributed by atoms with Crippen LogP contribution in [0.1, 0.15) is 30.8 Å². The SMILES string of the molecule is CCCn1cc(S(=O)(=O)NCCOCC)cc1C(=O)O. The minimum atomic E-state index is -3.71. The molecule has 0 aliphatic heterocycles. The van der Waals surface area contributed by atoms with Gasteiger partial charge < -0.3 is 14.4 Å². The molecule has 0 bridgehead atoms. The summed E-state index contributed by atoms with van der Waals surface area (Å²) in [5.74, 6) is -1.14. The summed E-state index contributed by atoms with van der Waals surface area (Å²) in [5, 5.41) is 9.06. The first-order chi connectivity index (χ1) is 9.42. The van der Waals surface area contributed by atoms with Gasteiger partial charge in [0.2, 0.25) is 10.0 Å². The lowest BCUT2D eigenvalue weighted by Crippen LogP contribution is -2.27. The van der Waals surface area contributed by atoms with Crippen molar-refractivity contribution in [3.8, 4) is 0 Å². The fourth-order valence-electron chi connectivity index (χ4n) is 1.71. The molecule has 114 valence electrons. The quantitative estimate of drug-likeness (QED) is 0.661. The summed E-state index contributed by atoms with van der Waals surface area (Å²) in [4.78, 5) is 11.0. The Labute approximate surface area is 118 Å². The zero-order valence-electron chi connectivity index (χ0n) is 11.6. The molecule has 0 fully saturated rings. The Morgan fingerprint density at radius 2 is 2.15 bits per heavy atom. The van der Waals surface area contributed by atoms with E-state index < -0.39 is 16.0 Å². The largest absolute Gasteiger partial charge is 0.477 e. The maximum atomic E-state index is 12.0. The van der Waals surface area contributed by atoms with Gasteiger partial charge in [-0.15, -0.1) is 0 Å². The zero-order chi connectivity index (χ0) is 15.2. The number of rotatable bonds is 9. The van der Waals surface area contributed by atoms with E-state index in [0.29, 0.717) is 19.6 Å². The summed E-state index contributed by atoms with van der Waals surface area (Å²) in [6.07, 6.45) is 2.06. The van der Waals surface area contributed by atoms with Gasteiger partial charge >= 0.3 is 5.97 Å². The van der Waals surface area contributed by atoms with Gasteiger partial charge in [-0.25, -0.2) is 17.9 Å². The summed E-state index contributed by atoms with van der Waals surface area (Å²) in [6, 6.07) is 1.17. The molecule has 0 saturated heterocycles. The first kappa shape index (κ1) is 16.7. The van der Waals surface area contributed by atoms with Crippen LogP contribution in [0, 0.1) is 0 Å². The van der Waals surface area contributed by atoms with Gasteiger partial charge in [0.15, 0.2) is 0 Å². The molecule has 20 heavy (non-hydrogen) atoms. The molecule has 0 atom stereocenters. The molecular weight excluding hydrogens is 284 g/mol. The van der Waals surface area contributed by atoms with E-state index >= 15 is 0 Å². The Bertz CT molecular complexity index is 550. The predicted molar refractivity (Wildman–Crippen MR) is 73.4 cm³/mol. The van der Waals surface area contributed by atoms with Gasteiger partial charge in [0, 0.05) is 25.9 Å². The molecule has 0 saturated carbocycles. The van der Waals surface area contributed by atoms with Crippen molar-refractivity contribution in [2.75, 3.05) is 19.8 Å². The fourth-order valence-corrected chi connectivity index (χ4v) is 2.76. The molecule has 1 aromatic rings. The normalized spacial score (nSPS) is 11.7. The van der Waals surface area contributed by atoms with E-state index in [1.54, 1.807) is 0 Å². The lowest BCUT2D eigenvalue weighted by Gasteiger charge is -2.05. The van der Waals surface area contributed by atoms with Crippen LogP contribution in [0.2, 0.25) is 0 Å². The standard InChI is InChI=1S/C12H20N2O5S/c1-3-6-14-9-10(8-11(14)12(15)16)20(17,18)13-5-7-19-4-2/h8-9,13H,3-7H2,1-2H3,(H,15,16). The number of carboxylic acid groups (broad SMARTS) is 1. The molecule has 0 radical (unpaired) electrons. The van der Waals surface area contributed by atoms with E-state index in [-0.39, 0.29) is 23.7 Å². The molecule has 0 amide bonds. The number of nitrogens with zero attached hydrogens (tertiary/aromatic N) is 1. The lowest BCUT2D eigenvalue weighted by molar-refractivity contribution is 0.0685. The van der Waals surface area contributed by atoms with E-state index in [1.165, 1.54) is 16.8 Å². The van der Waals surface area contributed by atoms with Crippen LogP contribution >= 0.6 is 0 Å². The third-order valence-electron chi connectivity index (χ3n) is 2.61. The number of aromatic nitrogens is 1. The molecule has 1 heterocycles. The fraction of sp³-hybridized carbons (Fsp3) is 0.583. The molecule has 1 rings (SSSR count). The van der Waals surface area contributed by atoms with Crippen LogP contribution in [-0.2, 0) is 21.3 Å². The highest BCUT2D eigenvalue weighted by Gasteiger charge is 2.20. The Kier molecular flexibility index (Phi) is 6.18. The molecule has 0 aliphatic rings. The topological polar surface area (TPSA) is 97.6 Å². The van der Waals surface area contributed by atoms with E-state index in [0.717, 1.165) is 0 Å². The summed E-state index contributed by atoms with van der Waals surface area (Å²) in [6.45, 7) is 5.10. The third kappa shape index (κ3) is 4.32. The number of hydrogen-bond donors (Lipinski definition) is 2. The van der Waals surface area contributed by atoms with E-state index in [2.05, 4.69) is 4.72 Å². The molecule has 0 aliphatic carbocycles. The Morgan fingerprint density at radius 1 is 1.45 bits per heavy atom. The van der Waals surface area contributed by atoms with E-state index in [1.807, 2.05) is 13.8 Å². The number of carboxylic acids is 1. The van der Waals surface area contributed by atoms with Crippen molar-refractivity contribution in [3.63, 3.8) is 0 Å². The van der Waals surface area contributed by atoms with Crippen molar-refractivity contribution in [2.24, 2.45) is 0 Å². The highest BCUT2D eigenvalue weighted by Crippen LogP contribution is 2.15. The third-order valence-corrected chi connectivity index (χ3v) is 4.04. The van der Waals surface area contributed by atoms with Crippen molar-refractivity contribution in [1.29, 1.82) is 0 Å². The lowest BCUT2D eigenvalue weighted by atomic mass is 10.4. The summed E-state index contributed by atoms with van der Waals surface area (Å²) < 4.78 is 32.9. The number of aryl methyl sites for hydroxylation is 1. The number of aromatic carboxylic acids is 1. The van der Waals surface area contributed by atoms with Gasteiger partial charge in [-0.2, -0.15) is 0 Å². The Hall–Kier alpha value is -1.38. The second-order valence-electron chi connectivity index (χ2n) is 4.15. The Morgan fingerprint density at radius 3 is 2.70 bits per heavy atom. The summed E-state index contributed by atoms with van der Waals surface area (Å²) in [7, 11) is -3.71. The van der Waals surface area contributed by atoms with Gasteiger partial charge in [0.05, 0.1) is 6.61 Å². The van der Waals surface area contributed by atoms with Crippen LogP contribution in [0.25, 0.3) is 0 Å². The summed E-state index contributed by atoms with van der Waals surface area (Å²) >= 11 is 0. The molecule has 7 nitrogen and oxygen atoms in total. The molecule has 0 spiro atoms. The second kappa shape index (κ2) is 7.41. The average Bonchev–Trinajstić information content (AvgIpc) is 2.80. The average molecular weight is 304 g/mol. The molecule has 0 unspecified atom stereocenters. The number of sulfonamides is 1. The van der Waals surface area contributed by atoms with Crippen LogP contribution in [0.5, 0.6) is 0 Å². The van der Waals surface area contributed by atoms with Crippen molar-refractivity contribution < 1.29 is 23.1 Å². The van der Waals surface area contributed by atoms with Gasteiger partial charge in [-0.1, -0.05) is 6.92 Å². The number of carbonyl (C=O) groups is 1. The zero-order valence-corrected chi connectivity index (χ0v) is 12.4. The van der Waals surface area contributed by atoms with E-state index in [4.69, 9.17) is 9.84 Å². The minimum absolute atomic E-state index is 0.0305. The highest BCUT2D eigenvalue weighted by molar-refractivity contribution is 7.89. The van der Waals surface area contributed by atoms with Crippen LogP contribution in [0.15, 0.2) is 17.2 Å². The molecule has 1 aromatic heterocycles. The minimum Gasteiger partial charge on any atom is -0.477 e. The van der Waals surface area contributed by atoms with Gasteiger partial charge in [0.1, 0.15) is 10.6 Å². The van der Waals surface area contributed by atoms with Gasteiger partial charge in [-0.05, 0) is 19.4 Å². The molecule has 8 heteroatoms. The number of hydrogen-bond acceptors (Lipinski definition) is 4. The molecule has 0 aromatic carbocycles. The van der Waals surface area contributed by atoms with Crippen molar-refractivity contribution in [1.82, 2.24) is 9.29 Å². The number of ether oxygens (including phenoxy) is 1. The van der Waals surface area contributed by atoms with Gasteiger partial charge in [-0.3, -0.25) is 0 Å². The van der Waals surface area contributed by atoms with Crippen LogP contribution in [-0.4, -0.2) is 43.8 Å². The van der Waals surface area contributed by atoms with Crippen molar-refractivity contribution in [2.45, 2.75) is 31.7 Å². The predicted octanol–water partition coefficient (Wildman–Crippen LogP) is 0.911.